The highest BCUT2D eigenvalue weighted by Gasteiger charge is 2.26. The van der Waals surface area contributed by atoms with E-state index >= 15 is 0 Å². The van der Waals surface area contributed by atoms with Gasteiger partial charge in [0, 0.05) is 23.2 Å². The number of aromatic carboxylic acids is 1. The number of hydrogen-bond donors (Lipinski definition) is 1. The molecule has 1 aliphatic rings. The summed E-state index contributed by atoms with van der Waals surface area (Å²) in [5.41, 5.74) is 1.74. The maximum absolute atomic E-state index is 11.0. The van der Waals surface area contributed by atoms with E-state index in [9.17, 15) is 4.79 Å². The molecule has 0 bridgehead atoms. The Morgan fingerprint density at radius 1 is 1.44 bits per heavy atom. The standard InChI is InChI=1S/C14H18BrNO2/c1-14(2)6-3-7-16(9-14)10-4-5-11(13(17)18)12(15)8-10/h4-5,8H,3,6-7,9H2,1-2H3,(H,17,18). The number of carboxylic acid groups (broad SMARTS) is 1. The lowest BCUT2D eigenvalue weighted by Gasteiger charge is -2.39. The van der Waals surface area contributed by atoms with Crippen LogP contribution in [-0.4, -0.2) is 24.2 Å². The van der Waals surface area contributed by atoms with Gasteiger partial charge in [-0.25, -0.2) is 4.79 Å². The van der Waals surface area contributed by atoms with E-state index in [0.29, 0.717) is 15.5 Å². The zero-order valence-electron chi connectivity index (χ0n) is 10.7. The van der Waals surface area contributed by atoms with Crippen LogP contribution in [0.25, 0.3) is 0 Å². The predicted octanol–water partition coefficient (Wildman–Crippen LogP) is 3.77. The molecule has 1 aromatic rings. The summed E-state index contributed by atoms with van der Waals surface area (Å²) in [5.74, 6) is -0.896. The normalized spacial score (nSPS) is 18.7. The molecular weight excluding hydrogens is 294 g/mol. The number of halogens is 1. The molecule has 1 fully saturated rings. The molecule has 1 saturated heterocycles. The van der Waals surface area contributed by atoms with Crippen molar-refractivity contribution >= 4 is 27.6 Å². The van der Waals surface area contributed by atoms with Crippen LogP contribution in [0.15, 0.2) is 22.7 Å². The molecule has 18 heavy (non-hydrogen) atoms. The lowest BCUT2D eigenvalue weighted by Crippen LogP contribution is -2.40. The number of benzene rings is 1. The van der Waals surface area contributed by atoms with Crippen molar-refractivity contribution in [3.05, 3.63) is 28.2 Å². The van der Waals surface area contributed by atoms with Gasteiger partial charge >= 0.3 is 5.97 Å². The third kappa shape index (κ3) is 2.86. The van der Waals surface area contributed by atoms with Crippen LogP contribution in [0.4, 0.5) is 5.69 Å². The van der Waals surface area contributed by atoms with Crippen molar-refractivity contribution in [1.29, 1.82) is 0 Å². The van der Waals surface area contributed by atoms with Crippen molar-refractivity contribution in [1.82, 2.24) is 0 Å². The van der Waals surface area contributed by atoms with Gasteiger partial charge in [-0.05, 0) is 52.4 Å². The fourth-order valence-corrected chi connectivity index (χ4v) is 3.05. The smallest absolute Gasteiger partial charge is 0.336 e. The van der Waals surface area contributed by atoms with Crippen LogP contribution in [0.5, 0.6) is 0 Å². The van der Waals surface area contributed by atoms with E-state index in [2.05, 4.69) is 34.7 Å². The topological polar surface area (TPSA) is 40.5 Å². The van der Waals surface area contributed by atoms with Gasteiger partial charge in [-0.3, -0.25) is 0 Å². The van der Waals surface area contributed by atoms with Gasteiger partial charge in [-0.1, -0.05) is 13.8 Å². The Balaban J connectivity index is 2.24. The molecule has 2 rings (SSSR count). The second-order valence-electron chi connectivity index (χ2n) is 5.66. The van der Waals surface area contributed by atoms with Crippen LogP contribution < -0.4 is 4.90 Å². The second-order valence-corrected chi connectivity index (χ2v) is 6.51. The zero-order valence-corrected chi connectivity index (χ0v) is 12.3. The number of rotatable bonds is 2. The molecule has 4 heteroatoms. The quantitative estimate of drug-likeness (QED) is 0.903. The number of carbonyl (C=O) groups is 1. The Bertz CT molecular complexity index is 471. The molecule has 1 aromatic carbocycles. The van der Waals surface area contributed by atoms with Gasteiger partial charge in [-0.15, -0.1) is 0 Å². The van der Waals surface area contributed by atoms with Crippen LogP contribution in [0.3, 0.4) is 0 Å². The van der Waals surface area contributed by atoms with E-state index < -0.39 is 5.97 Å². The summed E-state index contributed by atoms with van der Waals surface area (Å²) in [5, 5.41) is 9.01. The molecule has 1 N–H and O–H groups in total. The first-order valence-corrected chi connectivity index (χ1v) is 6.96. The van der Waals surface area contributed by atoms with Crippen molar-refractivity contribution in [3.8, 4) is 0 Å². The first-order valence-electron chi connectivity index (χ1n) is 6.17. The number of anilines is 1. The van der Waals surface area contributed by atoms with Gasteiger partial charge in [0.2, 0.25) is 0 Å². The maximum atomic E-state index is 11.0. The van der Waals surface area contributed by atoms with E-state index in [1.54, 1.807) is 6.07 Å². The first kappa shape index (κ1) is 13.4. The first-order chi connectivity index (χ1) is 8.39. The minimum atomic E-state index is -0.896. The van der Waals surface area contributed by atoms with Crippen LogP contribution in [0.1, 0.15) is 37.0 Å². The molecule has 0 amide bonds. The van der Waals surface area contributed by atoms with Gasteiger partial charge in [0.15, 0.2) is 0 Å². The zero-order chi connectivity index (χ0) is 13.3. The summed E-state index contributed by atoms with van der Waals surface area (Å²) in [4.78, 5) is 13.3. The van der Waals surface area contributed by atoms with Gasteiger partial charge in [0.1, 0.15) is 0 Å². The summed E-state index contributed by atoms with van der Waals surface area (Å²) < 4.78 is 0.649. The molecule has 0 spiro atoms. The average molecular weight is 312 g/mol. The average Bonchev–Trinajstić information content (AvgIpc) is 2.27. The summed E-state index contributed by atoms with van der Waals surface area (Å²) in [6.45, 7) is 6.62. The second kappa shape index (κ2) is 4.92. The number of carboxylic acids is 1. The maximum Gasteiger partial charge on any atom is 0.336 e. The Morgan fingerprint density at radius 2 is 2.17 bits per heavy atom. The van der Waals surface area contributed by atoms with E-state index in [-0.39, 0.29) is 0 Å². The van der Waals surface area contributed by atoms with Crippen molar-refractivity contribution < 1.29 is 9.90 Å². The molecule has 0 unspecified atom stereocenters. The minimum Gasteiger partial charge on any atom is -0.478 e. The number of hydrogen-bond acceptors (Lipinski definition) is 2. The van der Waals surface area contributed by atoms with Crippen molar-refractivity contribution in [2.45, 2.75) is 26.7 Å². The van der Waals surface area contributed by atoms with Gasteiger partial charge in [0.25, 0.3) is 0 Å². The van der Waals surface area contributed by atoms with Gasteiger partial charge in [-0.2, -0.15) is 0 Å². The van der Waals surface area contributed by atoms with E-state index in [1.165, 1.54) is 12.8 Å². The molecule has 3 nitrogen and oxygen atoms in total. The summed E-state index contributed by atoms with van der Waals surface area (Å²) in [7, 11) is 0. The van der Waals surface area contributed by atoms with Crippen molar-refractivity contribution in [2.24, 2.45) is 5.41 Å². The highest BCUT2D eigenvalue weighted by molar-refractivity contribution is 9.10. The SMILES string of the molecule is CC1(C)CCCN(c2ccc(C(=O)O)c(Br)c2)C1. The molecule has 1 heterocycles. The fourth-order valence-electron chi connectivity index (χ4n) is 2.52. The van der Waals surface area contributed by atoms with E-state index in [1.807, 2.05) is 12.1 Å². The molecule has 0 radical (unpaired) electrons. The summed E-state index contributed by atoms with van der Waals surface area (Å²) in [6, 6.07) is 5.48. The van der Waals surface area contributed by atoms with Crippen LogP contribution >= 0.6 is 15.9 Å². The Labute approximate surface area is 116 Å². The third-order valence-corrected chi connectivity index (χ3v) is 4.10. The summed E-state index contributed by atoms with van der Waals surface area (Å²) in [6.07, 6.45) is 2.43. The molecule has 0 aliphatic carbocycles. The highest BCUT2D eigenvalue weighted by atomic mass is 79.9. The Hall–Kier alpha value is -1.03. The molecule has 98 valence electrons. The Morgan fingerprint density at radius 3 is 2.72 bits per heavy atom. The van der Waals surface area contributed by atoms with Crippen LogP contribution in [0.2, 0.25) is 0 Å². The van der Waals surface area contributed by atoms with Crippen molar-refractivity contribution in [3.63, 3.8) is 0 Å². The number of piperidine rings is 1. The third-order valence-electron chi connectivity index (χ3n) is 3.45. The monoisotopic (exact) mass is 311 g/mol. The van der Waals surface area contributed by atoms with Crippen molar-refractivity contribution in [2.75, 3.05) is 18.0 Å². The predicted molar refractivity (Wildman–Crippen MR) is 76.3 cm³/mol. The molecular formula is C14H18BrNO2. The molecule has 0 atom stereocenters. The number of nitrogens with zero attached hydrogens (tertiary/aromatic N) is 1. The molecule has 0 saturated carbocycles. The minimum absolute atomic E-state index is 0.315. The van der Waals surface area contributed by atoms with Gasteiger partial charge < -0.3 is 10.0 Å². The van der Waals surface area contributed by atoms with Crippen LogP contribution in [0, 0.1) is 5.41 Å². The van der Waals surface area contributed by atoms with Gasteiger partial charge in [0.05, 0.1) is 5.56 Å². The Kier molecular flexibility index (Phi) is 3.66. The van der Waals surface area contributed by atoms with E-state index in [4.69, 9.17) is 5.11 Å². The lowest BCUT2D eigenvalue weighted by atomic mass is 9.84. The highest BCUT2D eigenvalue weighted by Crippen LogP contribution is 2.33. The molecule has 0 aromatic heterocycles. The molecule has 1 aliphatic heterocycles. The fraction of sp³-hybridized carbons (Fsp3) is 0.500. The van der Waals surface area contributed by atoms with E-state index in [0.717, 1.165) is 18.8 Å². The summed E-state index contributed by atoms with van der Waals surface area (Å²) >= 11 is 3.34. The lowest BCUT2D eigenvalue weighted by molar-refractivity contribution is 0.0696. The van der Waals surface area contributed by atoms with Crippen LogP contribution in [-0.2, 0) is 0 Å². The largest absolute Gasteiger partial charge is 0.478 e.